The van der Waals surface area contributed by atoms with Crippen LogP contribution >= 0.6 is 0 Å². The molecule has 26 heavy (non-hydrogen) atoms. The number of hydrogen-bond acceptors (Lipinski definition) is 8. The fourth-order valence-corrected chi connectivity index (χ4v) is 2.93. The standard InChI is InChI=1S/C18H26N6O2/c1-25-13-3-8-19-18-21-17(14-20-22-18)24-11-9-23(10-12-24)15-4-6-16(26-2)7-5-15/h4-7,14H,3,8-13H2,1-2H3,(H,19,21,22). The molecule has 8 heteroatoms. The third-order valence-electron chi connectivity index (χ3n) is 4.40. The van der Waals surface area contributed by atoms with Crippen LogP contribution in [0.3, 0.4) is 0 Å². The van der Waals surface area contributed by atoms with E-state index in [9.17, 15) is 0 Å². The molecule has 1 aromatic heterocycles. The summed E-state index contributed by atoms with van der Waals surface area (Å²) in [7, 11) is 3.38. The minimum Gasteiger partial charge on any atom is -0.497 e. The van der Waals surface area contributed by atoms with Crippen LogP contribution < -0.4 is 19.9 Å². The third-order valence-corrected chi connectivity index (χ3v) is 4.40. The van der Waals surface area contributed by atoms with Gasteiger partial charge in [0, 0.05) is 52.1 Å². The van der Waals surface area contributed by atoms with Gasteiger partial charge >= 0.3 is 0 Å². The molecule has 0 aliphatic carbocycles. The van der Waals surface area contributed by atoms with Crippen molar-refractivity contribution in [2.75, 3.05) is 68.7 Å². The van der Waals surface area contributed by atoms with E-state index in [0.717, 1.165) is 50.7 Å². The molecule has 0 bridgehead atoms. The molecule has 0 saturated carbocycles. The van der Waals surface area contributed by atoms with Crippen LogP contribution in [0.25, 0.3) is 0 Å². The number of methoxy groups -OCH3 is 2. The molecular weight excluding hydrogens is 332 g/mol. The van der Waals surface area contributed by atoms with Crippen LogP contribution in [0.2, 0.25) is 0 Å². The predicted octanol–water partition coefficient (Wildman–Crippen LogP) is 1.66. The normalized spacial score (nSPS) is 14.4. The Hall–Kier alpha value is -2.61. The van der Waals surface area contributed by atoms with Gasteiger partial charge in [0.25, 0.3) is 0 Å². The second-order valence-corrected chi connectivity index (χ2v) is 6.08. The van der Waals surface area contributed by atoms with E-state index in [2.05, 4.69) is 42.4 Å². The van der Waals surface area contributed by atoms with Gasteiger partial charge < -0.3 is 24.6 Å². The van der Waals surface area contributed by atoms with Gasteiger partial charge in [-0.25, -0.2) is 0 Å². The lowest BCUT2D eigenvalue weighted by molar-refractivity contribution is 0.197. The number of nitrogens with one attached hydrogen (secondary N) is 1. The Morgan fingerprint density at radius 1 is 1.04 bits per heavy atom. The lowest BCUT2D eigenvalue weighted by atomic mass is 10.2. The summed E-state index contributed by atoms with van der Waals surface area (Å²) in [6.07, 6.45) is 2.63. The summed E-state index contributed by atoms with van der Waals surface area (Å²) in [5, 5.41) is 11.3. The summed E-state index contributed by atoms with van der Waals surface area (Å²) in [5.41, 5.74) is 1.21. The molecule has 3 rings (SSSR count). The van der Waals surface area contributed by atoms with E-state index in [1.807, 2.05) is 12.1 Å². The number of benzene rings is 1. The van der Waals surface area contributed by atoms with Gasteiger partial charge in [0.05, 0.1) is 13.3 Å². The molecule has 0 radical (unpaired) electrons. The van der Waals surface area contributed by atoms with Crippen molar-refractivity contribution < 1.29 is 9.47 Å². The largest absolute Gasteiger partial charge is 0.497 e. The quantitative estimate of drug-likeness (QED) is 0.714. The highest BCUT2D eigenvalue weighted by Gasteiger charge is 2.19. The van der Waals surface area contributed by atoms with E-state index in [0.29, 0.717) is 12.6 Å². The predicted molar refractivity (Wildman–Crippen MR) is 102 cm³/mol. The minimum atomic E-state index is 0.566. The highest BCUT2D eigenvalue weighted by Crippen LogP contribution is 2.22. The van der Waals surface area contributed by atoms with Crippen molar-refractivity contribution in [3.8, 4) is 5.75 Å². The maximum atomic E-state index is 5.22. The fourth-order valence-electron chi connectivity index (χ4n) is 2.93. The molecule has 2 aromatic rings. The van der Waals surface area contributed by atoms with Gasteiger partial charge in [-0.05, 0) is 30.7 Å². The highest BCUT2D eigenvalue weighted by atomic mass is 16.5. The van der Waals surface area contributed by atoms with Crippen molar-refractivity contribution in [3.63, 3.8) is 0 Å². The molecule has 1 N–H and O–H groups in total. The molecule has 1 aliphatic heterocycles. The lowest BCUT2D eigenvalue weighted by Crippen LogP contribution is -2.46. The first kappa shape index (κ1) is 18.2. The Bertz CT molecular complexity index is 674. The van der Waals surface area contributed by atoms with Gasteiger partial charge in [0.15, 0.2) is 5.82 Å². The first-order valence-electron chi connectivity index (χ1n) is 8.86. The summed E-state index contributed by atoms with van der Waals surface area (Å²) >= 11 is 0. The Kier molecular flexibility index (Phi) is 6.43. The molecular formula is C18H26N6O2. The highest BCUT2D eigenvalue weighted by molar-refractivity contribution is 5.51. The lowest BCUT2D eigenvalue weighted by Gasteiger charge is -2.36. The van der Waals surface area contributed by atoms with Crippen LogP contribution in [0.1, 0.15) is 6.42 Å². The zero-order valence-corrected chi connectivity index (χ0v) is 15.4. The molecule has 8 nitrogen and oxygen atoms in total. The zero-order chi connectivity index (χ0) is 18.2. The molecule has 1 aliphatic rings. The van der Waals surface area contributed by atoms with Gasteiger partial charge in [-0.1, -0.05) is 0 Å². The van der Waals surface area contributed by atoms with Gasteiger partial charge in [-0.15, -0.1) is 5.10 Å². The summed E-state index contributed by atoms with van der Waals surface area (Å²) in [6.45, 7) is 5.15. The van der Waals surface area contributed by atoms with Crippen LogP contribution in [0.4, 0.5) is 17.5 Å². The average molecular weight is 358 g/mol. The number of piperazine rings is 1. The number of aromatic nitrogens is 3. The maximum absolute atomic E-state index is 5.22. The van der Waals surface area contributed by atoms with Crippen molar-refractivity contribution in [1.29, 1.82) is 0 Å². The van der Waals surface area contributed by atoms with E-state index >= 15 is 0 Å². The Morgan fingerprint density at radius 3 is 2.46 bits per heavy atom. The number of rotatable bonds is 8. The smallest absolute Gasteiger partial charge is 0.244 e. The molecule has 140 valence electrons. The van der Waals surface area contributed by atoms with E-state index in [-0.39, 0.29) is 0 Å². The second-order valence-electron chi connectivity index (χ2n) is 6.08. The number of hydrogen-bond donors (Lipinski definition) is 1. The Balaban J connectivity index is 1.54. The molecule has 2 heterocycles. The van der Waals surface area contributed by atoms with E-state index in [4.69, 9.17) is 9.47 Å². The van der Waals surface area contributed by atoms with Crippen molar-refractivity contribution >= 4 is 17.5 Å². The number of nitrogens with zero attached hydrogens (tertiary/aromatic N) is 5. The van der Waals surface area contributed by atoms with Gasteiger partial charge in [-0.2, -0.15) is 10.1 Å². The number of anilines is 3. The van der Waals surface area contributed by atoms with Crippen LogP contribution in [0.15, 0.2) is 30.5 Å². The molecule has 0 unspecified atom stereocenters. The summed E-state index contributed by atoms with van der Waals surface area (Å²) < 4.78 is 10.3. The van der Waals surface area contributed by atoms with Gasteiger partial charge in [0.1, 0.15) is 5.75 Å². The van der Waals surface area contributed by atoms with Crippen molar-refractivity contribution in [2.45, 2.75) is 6.42 Å². The van der Waals surface area contributed by atoms with E-state index in [1.165, 1.54) is 5.69 Å². The Morgan fingerprint density at radius 2 is 1.77 bits per heavy atom. The van der Waals surface area contributed by atoms with Crippen molar-refractivity contribution in [3.05, 3.63) is 30.5 Å². The van der Waals surface area contributed by atoms with E-state index in [1.54, 1.807) is 20.4 Å². The van der Waals surface area contributed by atoms with Crippen LogP contribution in [-0.2, 0) is 4.74 Å². The molecule has 1 aromatic carbocycles. The third kappa shape index (κ3) is 4.72. The van der Waals surface area contributed by atoms with Crippen molar-refractivity contribution in [1.82, 2.24) is 15.2 Å². The van der Waals surface area contributed by atoms with Gasteiger partial charge in [-0.3, -0.25) is 0 Å². The van der Waals surface area contributed by atoms with Crippen LogP contribution in [-0.4, -0.2) is 68.7 Å². The molecule has 0 spiro atoms. The average Bonchev–Trinajstić information content (AvgIpc) is 2.72. The summed E-state index contributed by atoms with van der Waals surface area (Å²) in [5.74, 6) is 2.31. The SMILES string of the molecule is COCCCNc1nncc(N2CCN(c3ccc(OC)cc3)CC2)n1. The molecule has 0 atom stereocenters. The zero-order valence-electron chi connectivity index (χ0n) is 15.4. The van der Waals surface area contributed by atoms with E-state index < -0.39 is 0 Å². The topological polar surface area (TPSA) is 75.6 Å². The number of ether oxygens (including phenoxy) is 2. The fraction of sp³-hybridized carbons (Fsp3) is 0.500. The monoisotopic (exact) mass is 358 g/mol. The van der Waals surface area contributed by atoms with Crippen LogP contribution in [0, 0.1) is 0 Å². The van der Waals surface area contributed by atoms with Crippen molar-refractivity contribution in [2.24, 2.45) is 0 Å². The van der Waals surface area contributed by atoms with Gasteiger partial charge in [0.2, 0.25) is 5.95 Å². The minimum absolute atomic E-state index is 0.566. The second kappa shape index (κ2) is 9.19. The first-order valence-corrected chi connectivity index (χ1v) is 8.86. The first-order chi connectivity index (χ1) is 12.8. The Labute approximate surface area is 154 Å². The molecule has 0 amide bonds. The molecule has 1 saturated heterocycles. The maximum Gasteiger partial charge on any atom is 0.244 e. The summed E-state index contributed by atoms with van der Waals surface area (Å²) in [6, 6.07) is 8.20. The molecule has 1 fully saturated rings. The summed E-state index contributed by atoms with van der Waals surface area (Å²) in [4.78, 5) is 9.19. The van der Waals surface area contributed by atoms with Crippen LogP contribution in [0.5, 0.6) is 5.75 Å².